The van der Waals surface area contributed by atoms with Crippen LogP contribution in [-0.2, 0) is 0 Å². The van der Waals surface area contributed by atoms with Crippen LogP contribution >= 0.6 is 0 Å². The molecule has 0 amide bonds. The summed E-state index contributed by atoms with van der Waals surface area (Å²) in [5.41, 5.74) is 0.813. The predicted octanol–water partition coefficient (Wildman–Crippen LogP) is 2.70. The van der Waals surface area contributed by atoms with Gasteiger partial charge in [-0.25, -0.2) is 13.8 Å². The van der Waals surface area contributed by atoms with Crippen molar-refractivity contribution in [3.05, 3.63) is 35.2 Å². The number of halogens is 2. The summed E-state index contributed by atoms with van der Waals surface area (Å²) < 4.78 is 36.8. The van der Waals surface area contributed by atoms with Crippen molar-refractivity contribution in [1.29, 1.82) is 0 Å². The Kier molecular flexibility index (Phi) is 3.18. The molecule has 0 fully saturated rings. The summed E-state index contributed by atoms with van der Waals surface area (Å²) in [6.45, 7) is 3.47. The summed E-state index contributed by atoms with van der Waals surface area (Å²) >= 11 is 1.92. The summed E-state index contributed by atoms with van der Waals surface area (Å²) in [6, 6.07) is 1.86. The molecule has 0 aliphatic rings. The van der Waals surface area contributed by atoms with Gasteiger partial charge in [-0.3, -0.25) is 0 Å². The molecular formula is C11H8AlF2NO2. The molecule has 0 spiro atoms. The van der Waals surface area contributed by atoms with Crippen LogP contribution in [-0.4, -0.2) is 21.6 Å². The maximum absolute atomic E-state index is 13.5. The zero-order valence-corrected chi connectivity index (χ0v) is 10.4. The van der Waals surface area contributed by atoms with Crippen molar-refractivity contribution in [2.45, 2.75) is 13.8 Å². The van der Waals surface area contributed by atoms with Crippen molar-refractivity contribution >= 4 is 16.6 Å². The molecular weight excluding hydrogens is 243 g/mol. The maximum atomic E-state index is 13.5. The zero-order valence-electron chi connectivity index (χ0n) is 9.25. The second-order valence-corrected chi connectivity index (χ2v) is 3.78. The largest absolute Gasteiger partial charge is 0.651 e. The van der Waals surface area contributed by atoms with Gasteiger partial charge in [0.05, 0.1) is 11.3 Å². The van der Waals surface area contributed by atoms with Gasteiger partial charge >= 0.3 is 16.6 Å². The van der Waals surface area contributed by atoms with E-state index in [1.54, 1.807) is 13.8 Å². The first-order valence-electron chi connectivity index (χ1n) is 4.83. The molecule has 0 unspecified atom stereocenters. The van der Waals surface area contributed by atoms with Gasteiger partial charge in [-0.05, 0) is 19.9 Å². The van der Waals surface area contributed by atoms with Crippen LogP contribution in [0.2, 0.25) is 0 Å². The highest BCUT2D eigenvalue weighted by molar-refractivity contribution is 6.00. The van der Waals surface area contributed by atoms with Gasteiger partial charge in [-0.1, -0.05) is 0 Å². The van der Waals surface area contributed by atoms with Crippen LogP contribution in [0.15, 0.2) is 16.5 Å². The molecule has 86 valence electrons. The first-order valence-corrected chi connectivity index (χ1v) is 5.30. The summed E-state index contributed by atoms with van der Waals surface area (Å²) in [6.07, 6.45) is 0. The molecule has 0 aliphatic heterocycles. The fraction of sp³-hybridized carbons (Fsp3) is 0.182. The Morgan fingerprint density at radius 2 is 2.00 bits per heavy atom. The van der Waals surface area contributed by atoms with Gasteiger partial charge in [0.2, 0.25) is 5.89 Å². The second kappa shape index (κ2) is 4.48. The van der Waals surface area contributed by atoms with Crippen LogP contribution in [0.1, 0.15) is 11.5 Å². The lowest BCUT2D eigenvalue weighted by Gasteiger charge is -2.08. The Bertz CT molecular complexity index is 549. The summed E-state index contributed by atoms with van der Waals surface area (Å²) in [4.78, 5) is 4.08. The average Bonchev–Trinajstić information content (AvgIpc) is 2.58. The van der Waals surface area contributed by atoms with Gasteiger partial charge in [-0.2, -0.15) is 0 Å². The van der Waals surface area contributed by atoms with Crippen molar-refractivity contribution in [3.8, 4) is 17.2 Å². The third-order valence-corrected chi connectivity index (χ3v) is 2.62. The van der Waals surface area contributed by atoms with E-state index in [9.17, 15) is 8.78 Å². The van der Waals surface area contributed by atoms with E-state index >= 15 is 0 Å². The Balaban J connectivity index is 2.65. The average molecular weight is 251 g/mol. The van der Waals surface area contributed by atoms with E-state index in [1.807, 2.05) is 16.6 Å². The van der Waals surface area contributed by atoms with Crippen molar-refractivity contribution in [2.75, 3.05) is 0 Å². The van der Waals surface area contributed by atoms with E-state index < -0.39 is 11.6 Å². The summed E-state index contributed by atoms with van der Waals surface area (Å²) in [7, 11) is 0. The van der Waals surface area contributed by atoms with E-state index in [0.29, 0.717) is 11.5 Å². The van der Waals surface area contributed by atoms with Gasteiger partial charge in [0.15, 0.2) is 5.82 Å². The SMILES string of the molecule is Cc1nc(-c2cc(F)cc(F)c2[O][Al])oc1C. The van der Waals surface area contributed by atoms with E-state index in [1.165, 1.54) is 0 Å². The highest BCUT2D eigenvalue weighted by atomic mass is 27.1. The van der Waals surface area contributed by atoms with Gasteiger partial charge < -0.3 is 8.21 Å². The molecule has 2 rings (SSSR count). The normalized spacial score (nSPS) is 10.6. The summed E-state index contributed by atoms with van der Waals surface area (Å²) in [5, 5.41) is 0. The molecule has 2 aromatic rings. The molecule has 1 heterocycles. The molecule has 0 saturated carbocycles. The first-order chi connectivity index (χ1) is 8.02. The number of nitrogens with zero attached hydrogens (tertiary/aromatic N) is 1. The standard InChI is InChI=1S/C11H9F2NO2.Al/c1-5-6(2)16-11(14-5)8-3-7(12)4-9(13)10(8)15;/h3-4,15H,1-2H3;/q;+1/p-1. The van der Waals surface area contributed by atoms with Crippen LogP contribution < -0.4 is 3.79 Å². The Morgan fingerprint density at radius 3 is 2.53 bits per heavy atom. The van der Waals surface area contributed by atoms with Crippen LogP contribution in [0.3, 0.4) is 0 Å². The Morgan fingerprint density at radius 1 is 1.29 bits per heavy atom. The minimum atomic E-state index is -0.802. The minimum Gasteiger partial charge on any atom is -0.651 e. The Hall–Kier alpha value is -1.38. The number of rotatable bonds is 2. The number of benzene rings is 1. The lowest BCUT2D eigenvalue weighted by atomic mass is 10.2. The molecule has 0 atom stereocenters. The van der Waals surface area contributed by atoms with E-state index in [-0.39, 0.29) is 17.2 Å². The van der Waals surface area contributed by atoms with E-state index in [2.05, 4.69) is 4.98 Å². The maximum Gasteiger partial charge on any atom is 0.482 e. The van der Waals surface area contributed by atoms with Crippen molar-refractivity contribution in [1.82, 2.24) is 4.98 Å². The first kappa shape index (κ1) is 12.1. The lowest BCUT2D eigenvalue weighted by molar-refractivity contribution is 0.503. The van der Waals surface area contributed by atoms with Gasteiger partial charge in [0.25, 0.3) is 0 Å². The molecule has 0 N–H and O–H groups in total. The minimum absolute atomic E-state index is 0.113. The fourth-order valence-electron chi connectivity index (χ4n) is 1.43. The molecule has 0 bridgehead atoms. The molecule has 6 heteroatoms. The predicted molar refractivity (Wildman–Crippen MR) is 57.7 cm³/mol. The second-order valence-electron chi connectivity index (χ2n) is 3.54. The van der Waals surface area contributed by atoms with Gasteiger partial charge in [0, 0.05) is 6.07 Å². The quantitative estimate of drug-likeness (QED) is 0.770. The van der Waals surface area contributed by atoms with Crippen LogP contribution in [0.25, 0.3) is 11.5 Å². The molecule has 1 aromatic carbocycles. The number of hydrogen-bond donors (Lipinski definition) is 0. The van der Waals surface area contributed by atoms with Crippen LogP contribution in [0, 0.1) is 25.5 Å². The third-order valence-electron chi connectivity index (χ3n) is 2.39. The van der Waals surface area contributed by atoms with E-state index in [4.69, 9.17) is 8.21 Å². The van der Waals surface area contributed by atoms with Crippen LogP contribution in [0.4, 0.5) is 8.78 Å². The lowest BCUT2D eigenvalue weighted by Crippen LogP contribution is -1.95. The van der Waals surface area contributed by atoms with Gasteiger partial charge in [-0.15, -0.1) is 0 Å². The number of aromatic nitrogens is 1. The highest BCUT2D eigenvalue weighted by Crippen LogP contribution is 2.33. The molecule has 3 nitrogen and oxygen atoms in total. The molecule has 0 aliphatic carbocycles. The number of aryl methyl sites for hydroxylation is 2. The van der Waals surface area contributed by atoms with E-state index in [0.717, 1.165) is 12.1 Å². The molecule has 17 heavy (non-hydrogen) atoms. The monoisotopic (exact) mass is 251 g/mol. The zero-order chi connectivity index (χ0) is 12.6. The number of hydrogen-bond acceptors (Lipinski definition) is 3. The topological polar surface area (TPSA) is 35.3 Å². The molecule has 1 aromatic heterocycles. The molecule has 2 radical (unpaired) electrons. The fourth-order valence-corrected chi connectivity index (χ4v) is 1.67. The Labute approximate surface area is 105 Å². The van der Waals surface area contributed by atoms with Crippen molar-refractivity contribution in [3.63, 3.8) is 0 Å². The smallest absolute Gasteiger partial charge is 0.482 e. The molecule has 0 saturated heterocycles. The number of oxazole rings is 1. The van der Waals surface area contributed by atoms with Crippen molar-refractivity contribution < 1.29 is 17.0 Å². The summed E-state index contributed by atoms with van der Waals surface area (Å²) in [5.74, 6) is -0.895. The third kappa shape index (κ3) is 2.19. The van der Waals surface area contributed by atoms with Gasteiger partial charge in [0.1, 0.15) is 17.3 Å². The van der Waals surface area contributed by atoms with Crippen molar-refractivity contribution in [2.24, 2.45) is 0 Å². The highest BCUT2D eigenvalue weighted by Gasteiger charge is 2.17. The van der Waals surface area contributed by atoms with Crippen LogP contribution in [0.5, 0.6) is 5.75 Å².